The van der Waals surface area contributed by atoms with Crippen LogP contribution in [0.15, 0.2) is 68.9 Å². The van der Waals surface area contributed by atoms with Gasteiger partial charge in [0, 0.05) is 5.39 Å². The summed E-state index contributed by atoms with van der Waals surface area (Å²) in [6.45, 7) is 3.36. The van der Waals surface area contributed by atoms with Crippen LogP contribution in [-0.4, -0.2) is 22.6 Å². The minimum Gasteiger partial charge on any atom is -0.422 e. The van der Waals surface area contributed by atoms with Crippen molar-refractivity contribution in [2.75, 3.05) is 5.32 Å². The molecule has 0 saturated carbocycles. The van der Waals surface area contributed by atoms with Crippen LogP contribution in [0.4, 0.5) is 5.13 Å². The average Bonchev–Trinajstić information content (AvgIpc) is 3.13. The standard InChI is InChI=1S/C21H18N4O3S/c1-12(15-11-14-7-3-5-9-17(14)28-20(15)27)24-25-19(26)13(2)22-21-23-16-8-4-6-10-18(16)29-21/h3-11,13H,1-2H3,(H,22,23)(H,25,26)/b24-12-/t13-/m1/s1. The Hall–Kier alpha value is -3.52. The van der Waals surface area contributed by atoms with Crippen LogP contribution >= 0.6 is 11.3 Å². The molecule has 0 unspecified atom stereocenters. The van der Waals surface area contributed by atoms with Gasteiger partial charge in [-0.3, -0.25) is 4.79 Å². The predicted octanol–water partition coefficient (Wildman–Crippen LogP) is 3.74. The van der Waals surface area contributed by atoms with E-state index in [1.807, 2.05) is 36.4 Å². The molecule has 2 heterocycles. The number of nitrogens with one attached hydrogen (secondary N) is 2. The van der Waals surface area contributed by atoms with Gasteiger partial charge in [0.25, 0.3) is 5.91 Å². The Morgan fingerprint density at radius 3 is 2.76 bits per heavy atom. The molecule has 0 fully saturated rings. The van der Waals surface area contributed by atoms with Gasteiger partial charge in [-0.15, -0.1) is 0 Å². The Bertz CT molecular complexity index is 1260. The SMILES string of the molecule is C/C(=N/NC(=O)[C@@H](C)Nc1nc2ccccc2s1)c1cc2ccccc2oc1=O. The molecule has 0 saturated heterocycles. The summed E-state index contributed by atoms with van der Waals surface area (Å²) in [4.78, 5) is 29.0. The highest BCUT2D eigenvalue weighted by atomic mass is 32.1. The maximum atomic E-state index is 12.4. The number of hydrazone groups is 1. The summed E-state index contributed by atoms with van der Waals surface area (Å²) in [6.07, 6.45) is 0. The molecule has 2 aromatic carbocycles. The number of carbonyl (C=O) groups is 1. The van der Waals surface area contributed by atoms with Crippen molar-refractivity contribution in [3.05, 3.63) is 70.6 Å². The van der Waals surface area contributed by atoms with Crippen molar-refractivity contribution in [3.8, 4) is 0 Å². The van der Waals surface area contributed by atoms with E-state index in [2.05, 4.69) is 20.8 Å². The number of nitrogens with zero attached hydrogens (tertiary/aromatic N) is 2. The third-order valence-corrected chi connectivity index (χ3v) is 5.36. The monoisotopic (exact) mass is 406 g/mol. The molecule has 4 aromatic rings. The number of para-hydroxylation sites is 2. The number of rotatable bonds is 5. The molecular weight excluding hydrogens is 388 g/mol. The van der Waals surface area contributed by atoms with Crippen LogP contribution in [0.2, 0.25) is 0 Å². The summed E-state index contributed by atoms with van der Waals surface area (Å²) in [7, 11) is 0. The lowest BCUT2D eigenvalue weighted by atomic mass is 10.1. The lowest BCUT2D eigenvalue weighted by molar-refractivity contribution is -0.121. The molecule has 1 amide bonds. The van der Waals surface area contributed by atoms with Gasteiger partial charge in [0.15, 0.2) is 5.13 Å². The molecule has 0 aliphatic carbocycles. The first-order chi connectivity index (χ1) is 14.0. The van der Waals surface area contributed by atoms with Crippen LogP contribution in [0.25, 0.3) is 21.2 Å². The van der Waals surface area contributed by atoms with Crippen molar-refractivity contribution < 1.29 is 9.21 Å². The van der Waals surface area contributed by atoms with Crippen molar-refractivity contribution in [1.29, 1.82) is 0 Å². The van der Waals surface area contributed by atoms with E-state index in [0.29, 0.717) is 22.0 Å². The van der Waals surface area contributed by atoms with Crippen LogP contribution in [0.5, 0.6) is 0 Å². The molecule has 0 radical (unpaired) electrons. The van der Waals surface area contributed by atoms with Gasteiger partial charge in [-0.25, -0.2) is 15.2 Å². The van der Waals surface area contributed by atoms with E-state index < -0.39 is 11.7 Å². The lowest BCUT2D eigenvalue weighted by Crippen LogP contribution is -2.35. The van der Waals surface area contributed by atoms with E-state index in [9.17, 15) is 9.59 Å². The normalized spacial score (nSPS) is 12.8. The van der Waals surface area contributed by atoms with Crippen molar-refractivity contribution in [3.63, 3.8) is 0 Å². The zero-order valence-corrected chi connectivity index (χ0v) is 16.6. The summed E-state index contributed by atoms with van der Waals surface area (Å²) in [5.74, 6) is -0.339. The number of thiazole rings is 1. The zero-order chi connectivity index (χ0) is 20.4. The number of hydrogen-bond donors (Lipinski definition) is 2. The topological polar surface area (TPSA) is 96.6 Å². The molecule has 0 spiro atoms. The van der Waals surface area contributed by atoms with E-state index in [0.717, 1.165) is 15.6 Å². The first-order valence-corrected chi connectivity index (χ1v) is 9.82. The van der Waals surface area contributed by atoms with Crippen molar-refractivity contribution in [2.24, 2.45) is 5.10 Å². The summed E-state index contributed by atoms with van der Waals surface area (Å²) in [5.41, 5.74) is 4.05. The first-order valence-electron chi connectivity index (χ1n) is 9.01. The second-order valence-electron chi connectivity index (χ2n) is 6.51. The third kappa shape index (κ3) is 4.02. The van der Waals surface area contributed by atoms with Gasteiger partial charge in [0.1, 0.15) is 11.6 Å². The van der Waals surface area contributed by atoms with Crippen molar-refractivity contribution in [2.45, 2.75) is 19.9 Å². The highest BCUT2D eigenvalue weighted by molar-refractivity contribution is 7.22. The van der Waals surface area contributed by atoms with Gasteiger partial charge < -0.3 is 9.73 Å². The Balaban J connectivity index is 1.46. The van der Waals surface area contributed by atoms with Gasteiger partial charge in [-0.1, -0.05) is 41.7 Å². The fraction of sp³-hybridized carbons (Fsp3) is 0.143. The Morgan fingerprint density at radius 1 is 1.17 bits per heavy atom. The smallest absolute Gasteiger partial charge is 0.345 e. The maximum absolute atomic E-state index is 12.4. The number of benzene rings is 2. The molecule has 1 atom stereocenters. The molecule has 4 rings (SSSR count). The fourth-order valence-corrected chi connectivity index (χ4v) is 3.75. The number of amides is 1. The largest absolute Gasteiger partial charge is 0.422 e. The van der Waals surface area contributed by atoms with Gasteiger partial charge in [0.2, 0.25) is 0 Å². The molecule has 2 aromatic heterocycles. The highest BCUT2D eigenvalue weighted by Crippen LogP contribution is 2.25. The van der Waals surface area contributed by atoms with E-state index in [1.165, 1.54) is 11.3 Å². The average molecular weight is 406 g/mol. The molecule has 2 N–H and O–H groups in total. The number of carbonyl (C=O) groups excluding carboxylic acids is 1. The molecule has 8 heteroatoms. The van der Waals surface area contributed by atoms with Crippen LogP contribution in [0.1, 0.15) is 19.4 Å². The van der Waals surface area contributed by atoms with Crippen molar-refractivity contribution in [1.82, 2.24) is 10.4 Å². The second kappa shape index (κ2) is 7.84. The summed E-state index contributed by atoms with van der Waals surface area (Å²) in [5, 5.41) is 8.59. The minimum atomic E-state index is -0.555. The number of fused-ring (bicyclic) bond motifs is 2. The van der Waals surface area contributed by atoms with Crippen LogP contribution in [0.3, 0.4) is 0 Å². The van der Waals surface area contributed by atoms with Crippen molar-refractivity contribution >= 4 is 49.3 Å². The molecule has 0 bridgehead atoms. The summed E-state index contributed by atoms with van der Waals surface area (Å²) in [6, 6.07) is 16.1. The molecule has 0 aliphatic rings. The van der Waals surface area contributed by atoms with E-state index in [4.69, 9.17) is 4.42 Å². The van der Waals surface area contributed by atoms with Crippen LogP contribution in [0, 0.1) is 0 Å². The summed E-state index contributed by atoms with van der Waals surface area (Å²) >= 11 is 1.48. The number of aromatic nitrogens is 1. The number of hydrogen-bond acceptors (Lipinski definition) is 7. The predicted molar refractivity (Wildman–Crippen MR) is 116 cm³/mol. The molecule has 146 valence electrons. The van der Waals surface area contributed by atoms with Gasteiger partial charge >= 0.3 is 5.63 Å². The first kappa shape index (κ1) is 18.8. The molecule has 7 nitrogen and oxygen atoms in total. The Labute approximate surface area is 170 Å². The molecule has 0 aliphatic heterocycles. The Kier molecular flexibility index (Phi) is 5.09. The third-order valence-electron chi connectivity index (χ3n) is 4.39. The zero-order valence-electron chi connectivity index (χ0n) is 15.8. The van der Waals surface area contributed by atoms with Gasteiger partial charge in [-0.05, 0) is 38.1 Å². The highest BCUT2D eigenvalue weighted by Gasteiger charge is 2.15. The molecular formula is C21H18N4O3S. The van der Waals surface area contributed by atoms with Crippen LogP contribution < -0.4 is 16.4 Å². The van der Waals surface area contributed by atoms with Gasteiger partial charge in [-0.2, -0.15) is 5.10 Å². The lowest BCUT2D eigenvalue weighted by Gasteiger charge is -2.11. The fourth-order valence-electron chi connectivity index (χ4n) is 2.79. The van der Waals surface area contributed by atoms with E-state index in [-0.39, 0.29) is 5.91 Å². The second-order valence-corrected chi connectivity index (χ2v) is 7.54. The summed E-state index contributed by atoms with van der Waals surface area (Å²) < 4.78 is 6.35. The quantitative estimate of drug-likeness (QED) is 0.299. The number of anilines is 1. The van der Waals surface area contributed by atoms with E-state index >= 15 is 0 Å². The minimum absolute atomic E-state index is 0.302. The molecule has 29 heavy (non-hydrogen) atoms. The van der Waals surface area contributed by atoms with Gasteiger partial charge in [0.05, 0.1) is 21.5 Å². The van der Waals surface area contributed by atoms with Crippen LogP contribution in [-0.2, 0) is 4.79 Å². The Morgan fingerprint density at radius 2 is 1.93 bits per heavy atom. The maximum Gasteiger partial charge on any atom is 0.345 e. The van der Waals surface area contributed by atoms with E-state index in [1.54, 1.807) is 32.0 Å².